The van der Waals surface area contributed by atoms with Gasteiger partial charge in [0, 0.05) is 0 Å². The van der Waals surface area contributed by atoms with Gasteiger partial charge in [-0.15, -0.1) is 0 Å². The van der Waals surface area contributed by atoms with Crippen molar-refractivity contribution >= 4 is 5.78 Å². The van der Waals surface area contributed by atoms with E-state index < -0.39 is 12.2 Å². The molecule has 0 amide bonds. The van der Waals surface area contributed by atoms with E-state index in [1.807, 2.05) is 6.92 Å². The smallest absolute Gasteiger partial charge is 0.300 e. The second-order valence-electron chi connectivity index (χ2n) is 3.32. The Balaban J connectivity index is 3.33. The topological polar surface area (TPSA) is 26.3 Å². The highest BCUT2D eigenvalue weighted by Crippen LogP contribution is 2.26. The Morgan fingerprint density at radius 2 is 1.93 bits per heavy atom. The third-order valence-corrected chi connectivity index (χ3v) is 2.11. The zero-order valence-corrected chi connectivity index (χ0v) is 8.80. The minimum atomic E-state index is -3.00. The third-order valence-electron chi connectivity index (χ3n) is 2.11. The highest BCUT2D eigenvalue weighted by atomic mass is 19.3. The minimum Gasteiger partial charge on any atom is -0.496 e. The van der Waals surface area contributed by atoms with Crippen LogP contribution in [0.5, 0.6) is 5.75 Å². The van der Waals surface area contributed by atoms with Crippen LogP contribution in [0.25, 0.3) is 0 Å². The highest BCUT2D eigenvalue weighted by Gasteiger charge is 2.23. The van der Waals surface area contributed by atoms with Crippen LogP contribution in [0.15, 0.2) is 12.1 Å². The number of carbonyl (C=O) groups excluding carboxylic acids is 1. The third kappa shape index (κ3) is 2.32. The zero-order chi connectivity index (χ0) is 11.6. The van der Waals surface area contributed by atoms with Crippen LogP contribution in [0.2, 0.25) is 0 Å². The van der Waals surface area contributed by atoms with Gasteiger partial charge in [-0.25, -0.2) is 8.78 Å². The van der Waals surface area contributed by atoms with Crippen LogP contribution in [-0.2, 0) is 0 Å². The summed E-state index contributed by atoms with van der Waals surface area (Å²) in [5.74, 6) is -0.984. The number of benzene rings is 1. The molecule has 0 heterocycles. The quantitative estimate of drug-likeness (QED) is 0.723. The minimum absolute atomic E-state index is 0.0295. The monoisotopic (exact) mass is 214 g/mol. The number of hydrogen-bond donors (Lipinski definition) is 0. The first-order chi connectivity index (χ1) is 6.97. The highest BCUT2D eigenvalue weighted by molar-refractivity contribution is 6.02. The predicted octanol–water partition coefficient (Wildman–Crippen LogP) is 2.76. The number of ketones is 1. The first-order valence-corrected chi connectivity index (χ1v) is 4.45. The van der Waals surface area contributed by atoms with E-state index in [4.69, 9.17) is 4.74 Å². The maximum atomic E-state index is 12.3. The van der Waals surface area contributed by atoms with Gasteiger partial charge >= 0.3 is 6.43 Å². The van der Waals surface area contributed by atoms with Gasteiger partial charge in [-0.05, 0) is 31.0 Å². The molecule has 0 saturated heterocycles. The molecule has 0 bridgehead atoms. The molecule has 2 nitrogen and oxygen atoms in total. The second kappa shape index (κ2) is 4.38. The lowest BCUT2D eigenvalue weighted by atomic mass is 10.0. The van der Waals surface area contributed by atoms with Crippen molar-refractivity contribution < 1.29 is 18.3 Å². The lowest BCUT2D eigenvalue weighted by molar-refractivity contribution is 0.0674. The summed E-state index contributed by atoms with van der Waals surface area (Å²) in [4.78, 5) is 11.2. The Morgan fingerprint density at radius 3 is 2.40 bits per heavy atom. The van der Waals surface area contributed by atoms with E-state index in [1.165, 1.54) is 7.11 Å². The molecule has 0 radical (unpaired) electrons. The molecule has 0 saturated carbocycles. The maximum Gasteiger partial charge on any atom is 0.300 e. The molecule has 0 aromatic heterocycles. The van der Waals surface area contributed by atoms with Crippen LogP contribution in [0.1, 0.15) is 21.5 Å². The van der Waals surface area contributed by atoms with Crippen molar-refractivity contribution in [3.8, 4) is 5.75 Å². The summed E-state index contributed by atoms with van der Waals surface area (Å²) < 4.78 is 29.5. The average Bonchev–Trinajstić information content (AvgIpc) is 2.15. The number of aryl methyl sites for hydroxylation is 2. The van der Waals surface area contributed by atoms with Gasteiger partial charge in [0.15, 0.2) is 0 Å². The second-order valence-corrected chi connectivity index (χ2v) is 3.32. The van der Waals surface area contributed by atoms with Crippen LogP contribution >= 0.6 is 0 Å². The molecule has 1 aromatic carbocycles. The molecular weight excluding hydrogens is 202 g/mol. The molecule has 1 aromatic rings. The number of methoxy groups -OCH3 is 1. The van der Waals surface area contributed by atoms with E-state index in [0.717, 1.165) is 5.56 Å². The van der Waals surface area contributed by atoms with Gasteiger partial charge in [-0.2, -0.15) is 0 Å². The molecule has 0 unspecified atom stereocenters. The predicted molar refractivity (Wildman–Crippen MR) is 52.8 cm³/mol. The Hall–Kier alpha value is -1.45. The summed E-state index contributed by atoms with van der Waals surface area (Å²) in [5.41, 5.74) is 1.35. The largest absolute Gasteiger partial charge is 0.496 e. The van der Waals surface area contributed by atoms with E-state index in [0.29, 0.717) is 5.56 Å². The molecule has 0 fully saturated rings. The maximum absolute atomic E-state index is 12.3. The Kier molecular flexibility index (Phi) is 3.39. The summed E-state index contributed by atoms with van der Waals surface area (Å²) in [6, 6.07) is 3.25. The Bertz CT molecular complexity index is 386. The lowest BCUT2D eigenvalue weighted by Gasteiger charge is -2.11. The molecule has 0 aliphatic rings. The molecule has 1 rings (SSSR count). The number of carbonyl (C=O) groups is 1. The van der Waals surface area contributed by atoms with Crippen LogP contribution in [0.4, 0.5) is 8.78 Å². The van der Waals surface area contributed by atoms with Gasteiger partial charge in [0.2, 0.25) is 5.78 Å². The van der Waals surface area contributed by atoms with E-state index in [-0.39, 0.29) is 11.3 Å². The molecule has 0 N–H and O–H groups in total. The average molecular weight is 214 g/mol. The molecule has 82 valence electrons. The number of alkyl halides is 2. The van der Waals surface area contributed by atoms with Gasteiger partial charge in [0.05, 0.1) is 12.7 Å². The van der Waals surface area contributed by atoms with Crippen LogP contribution in [0.3, 0.4) is 0 Å². The summed E-state index contributed by atoms with van der Waals surface area (Å²) in [5, 5.41) is 0. The normalized spacial score (nSPS) is 10.5. The molecule has 0 atom stereocenters. The lowest BCUT2D eigenvalue weighted by Crippen LogP contribution is -2.13. The molecule has 0 spiro atoms. The van der Waals surface area contributed by atoms with Crippen LogP contribution in [-0.4, -0.2) is 19.3 Å². The summed E-state index contributed by atoms with van der Waals surface area (Å²) in [6.07, 6.45) is -3.00. The van der Waals surface area contributed by atoms with Crippen molar-refractivity contribution in [1.29, 1.82) is 0 Å². The van der Waals surface area contributed by atoms with E-state index in [2.05, 4.69) is 0 Å². The van der Waals surface area contributed by atoms with Crippen LogP contribution in [0, 0.1) is 13.8 Å². The Morgan fingerprint density at radius 1 is 1.33 bits per heavy atom. The SMILES string of the molecule is COc1cc(C)cc(C)c1C(=O)C(F)F. The fraction of sp³-hybridized carbons (Fsp3) is 0.364. The van der Waals surface area contributed by atoms with Crippen molar-refractivity contribution in [2.24, 2.45) is 0 Å². The van der Waals surface area contributed by atoms with Crippen molar-refractivity contribution in [3.63, 3.8) is 0 Å². The van der Waals surface area contributed by atoms with Gasteiger partial charge in [0.1, 0.15) is 5.75 Å². The molecule has 4 heteroatoms. The Labute approximate surface area is 86.9 Å². The number of rotatable bonds is 3. The molecule has 0 aliphatic heterocycles. The van der Waals surface area contributed by atoms with Crippen molar-refractivity contribution in [1.82, 2.24) is 0 Å². The molecular formula is C11H12F2O2. The number of halogens is 2. The van der Waals surface area contributed by atoms with Crippen LogP contribution < -0.4 is 4.74 Å². The fourth-order valence-electron chi connectivity index (χ4n) is 1.51. The molecule has 0 aliphatic carbocycles. The van der Waals surface area contributed by atoms with Crippen molar-refractivity contribution in [2.75, 3.05) is 7.11 Å². The van der Waals surface area contributed by atoms with Gasteiger partial charge in [-0.3, -0.25) is 4.79 Å². The molecule has 15 heavy (non-hydrogen) atoms. The summed E-state index contributed by atoms with van der Waals surface area (Å²) in [6.45, 7) is 3.43. The fourth-order valence-corrected chi connectivity index (χ4v) is 1.51. The summed E-state index contributed by atoms with van der Waals surface area (Å²) >= 11 is 0. The standard InChI is InChI=1S/C11H12F2O2/c1-6-4-7(2)9(8(5-6)15-3)10(14)11(12)13/h4-5,11H,1-3H3. The number of ether oxygens (including phenoxy) is 1. The van der Waals surface area contributed by atoms with Gasteiger partial charge < -0.3 is 4.74 Å². The van der Waals surface area contributed by atoms with Crippen molar-refractivity contribution in [3.05, 3.63) is 28.8 Å². The van der Waals surface area contributed by atoms with E-state index >= 15 is 0 Å². The summed E-state index contributed by atoms with van der Waals surface area (Å²) in [7, 11) is 1.36. The zero-order valence-electron chi connectivity index (χ0n) is 8.80. The van der Waals surface area contributed by atoms with E-state index in [9.17, 15) is 13.6 Å². The first kappa shape index (κ1) is 11.6. The number of hydrogen-bond acceptors (Lipinski definition) is 2. The van der Waals surface area contributed by atoms with Crippen molar-refractivity contribution in [2.45, 2.75) is 20.3 Å². The van der Waals surface area contributed by atoms with Gasteiger partial charge in [-0.1, -0.05) is 6.07 Å². The first-order valence-electron chi connectivity index (χ1n) is 4.45. The van der Waals surface area contributed by atoms with E-state index in [1.54, 1.807) is 19.1 Å². The van der Waals surface area contributed by atoms with Gasteiger partial charge in [0.25, 0.3) is 0 Å². The number of Topliss-reactive ketones (excluding diaryl/α,β-unsaturated/α-hetero) is 1.